The van der Waals surface area contributed by atoms with Gasteiger partial charge in [0, 0.05) is 5.69 Å². The van der Waals surface area contributed by atoms with E-state index >= 15 is 0 Å². The van der Waals surface area contributed by atoms with E-state index in [1.807, 2.05) is 6.92 Å². The molecule has 70 valence electrons. The maximum Gasteiger partial charge on any atom is 0.236 e. The number of aryl methyl sites for hydroxylation is 1. The minimum Gasteiger partial charge on any atom is -0.396 e. The van der Waals surface area contributed by atoms with Crippen LogP contribution in [-0.2, 0) is 4.79 Å². The van der Waals surface area contributed by atoms with Crippen LogP contribution in [0, 0.1) is 6.92 Å². The molecular formula is C8H12N4O. The van der Waals surface area contributed by atoms with Gasteiger partial charge in [-0.05, 0) is 19.1 Å². The van der Waals surface area contributed by atoms with Gasteiger partial charge in [0.1, 0.15) is 5.82 Å². The fraction of sp³-hybridized carbons (Fsp3) is 0.250. The summed E-state index contributed by atoms with van der Waals surface area (Å²) in [5.74, 6) is 0.0570. The van der Waals surface area contributed by atoms with Crippen molar-refractivity contribution in [2.75, 3.05) is 17.6 Å². The molecule has 13 heavy (non-hydrogen) atoms. The monoisotopic (exact) mass is 180 g/mol. The number of nitrogen functional groups attached to an aromatic ring is 1. The molecule has 0 aromatic carbocycles. The third-order valence-electron chi connectivity index (χ3n) is 1.50. The molecule has 0 unspecified atom stereocenters. The van der Waals surface area contributed by atoms with E-state index in [2.05, 4.69) is 10.3 Å². The van der Waals surface area contributed by atoms with Crippen molar-refractivity contribution in [3.63, 3.8) is 0 Å². The van der Waals surface area contributed by atoms with Crippen molar-refractivity contribution in [3.05, 3.63) is 17.8 Å². The van der Waals surface area contributed by atoms with Crippen LogP contribution in [0.15, 0.2) is 12.1 Å². The van der Waals surface area contributed by atoms with Crippen LogP contribution in [0.4, 0.5) is 11.5 Å². The molecular weight excluding hydrogens is 168 g/mol. The summed E-state index contributed by atoms with van der Waals surface area (Å²) in [4.78, 5) is 14.6. The summed E-state index contributed by atoms with van der Waals surface area (Å²) in [5.41, 5.74) is 11.9. The van der Waals surface area contributed by atoms with E-state index in [0.717, 1.165) is 5.69 Å². The number of rotatable bonds is 3. The molecule has 5 heteroatoms. The van der Waals surface area contributed by atoms with Crippen molar-refractivity contribution in [3.8, 4) is 0 Å². The van der Waals surface area contributed by atoms with Crippen LogP contribution >= 0.6 is 0 Å². The lowest BCUT2D eigenvalue weighted by atomic mass is 10.3. The Bertz CT molecular complexity index is 324. The summed E-state index contributed by atoms with van der Waals surface area (Å²) < 4.78 is 0. The number of nitrogens with zero attached hydrogens (tertiary/aromatic N) is 1. The Morgan fingerprint density at radius 1 is 1.62 bits per heavy atom. The molecule has 1 amide bonds. The van der Waals surface area contributed by atoms with Crippen LogP contribution in [0.25, 0.3) is 0 Å². The molecule has 1 aromatic heterocycles. The summed E-state index contributed by atoms with van der Waals surface area (Å²) in [6.07, 6.45) is 0. The Kier molecular flexibility index (Phi) is 2.69. The number of hydrogen-bond acceptors (Lipinski definition) is 4. The van der Waals surface area contributed by atoms with E-state index in [1.54, 1.807) is 12.1 Å². The second kappa shape index (κ2) is 3.75. The first-order valence-electron chi connectivity index (χ1n) is 3.85. The third kappa shape index (κ3) is 2.62. The molecule has 0 fully saturated rings. The SMILES string of the molecule is Cc1ccc(N)c(NCC(N)=O)n1. The van der Waals surface area contributed by atoms with Gasteiger partial charge in [-0.15, -0.1) is 0 Å². The molecule has 0 aliphatic carbocycles. The van der Waals surface area contributed by atoms with Gasteiger partial charge in [-0.25, -0.2) is 4.98 Å². The molecule has 5 N–H and O–H groups in total. The lowest BCUT2D eigenvalue weighted by Gasteiger charge is -2.06. The number of pyridine rings is 1. The van der Waals surface area contributed by atoms with Crippen LogP contribution in [0.3, 0.4) is 0 Å². The van der Waals surface area contributed by atoms with Crippen molar-refractivity contribution in [2.24, 2.45) is 5.73 Å². The van der Waals surface area contributed by atoms with Crippen molar-refractivity contribution in [1.29, 1.82) is 0 Å². The standard InChI is InChI=1S/C8H12N4O/c1-5-2-3-6(9)8(12-5)11-4-7(10)13/h2-3H,4,9H2,1H3,(H2,10,13)(H,11,12). The summed E-state index contributed by atoms with van der Waals surface area (Å²) >= 11 is 0. The number of primary amides is 1. The molecule has 0 atom stereocenters. The summed E-state index contributed by atoms with van der Waals surface area (Å²) in [6.45, 7) is 1.88. The van der Waals surface area contributed by atoms with Gasteiger partial charge < -0.3 is 16.8 Å². The molecule has 0 saturated heterocycles. The zero-order valence-electron chi connectivity index (χ0n) is 7.37. The number of hydrogen-bond donors (Lipinski definition) is 3. The van der Waals surface area contributed by atoms with E-state index in [4.69, 9.17) is 11.5 Å². The number of anilines is 2. The number of aromatic nitrogens is 1. The molecule has 1 aromatic rings. The average molecular weight is 180 g/mol. The normalized spacial score (nSPS) is 9.62. The predicted octanol–water partition coefficient (Wildman–Crippen LogP) is -0.131. The average Bonchev–Trinajstić information content (AvgIpc) is 2.06. The van der Waals surface area contributed by atoms with Crippen molar-refractivity contribution in [1.82, 2.24) is 4.98 Å². The molecule has 0 spiro atoms. The van der Waals surface area contributed by atoms with E-state index in [-0.39, 0.29) is 6.54 Å². The Balaban J connectivity index is 2.75. The van der Waals surface area contributed by atoms with E-state index < -0.39 is 5.91 Å². The highest BCUT2D eigenvalue weighted by molar-refractivity contribution is 5.79. The quantitative estimate of drug-likeness (QED) is 0.604. The largest absolute Gasteiger partial charge is 0.396 e. The third-order valence-corrected chi connectivity index (χ3v) is 1.50. The number of carbonyl (C=O) groups excluding carboxylic acids is 1. The van der Waals surface area contributed by atoms with Gasteiger partial charge in [-0.1, -0.05) is 0 Å². The Labute approximate surface area is 76.1 Å². The first-order valence-corrected chi connectivity index (χ1v) is 3.85. The first kappa shape index (κ1) is 9.31. The zero-order valence-corrected chi connectivity index (χ0v) is 7.37. The van der Waals surface area contributed by atoms with Crippen molar-refractivity contribution in [2.45, 2.75) is 6.92 Å². The minimum atomic E-state index is -0.442. The van der Waals surface area contributed by atoms with Crippen molar-refractivity contribution >= 4 is 17.4 Å². The lowest BCUT2D eigenvalue weighted by Crippen LogP contribution is -2.22. The summed E-state index contributed by atoms with van der Waals surface area (Å²) in [7, 11) is 0. The fourth-order valence-electron chi connectivity index (χ4n) is 0.880. The second-order valence-corrected chi connectivity index (χ2v) is 2.71. The van der Waals surface area contributed by atoms with E-state index in [1.165, 1.54) is 0 Å². The molecule has 0 aliphatic rings. The minimum absolute atomic E-state index is 0.0423. The molecule has 5 nitrogen and oxygen atoms in total. The van der Waals surface area contributed by atoms with Gasteiger partial charge in [0.15, 0.2) is 0 Å². The molecule has 1 heterocycles. The van der Waals surface area contributed by atoms with E-state index in [0.29, 0.717) is 11.5 Å². The zero-order chi connectivity index (χ0) is 9.84. The second-order valence-electron chi connectivity index (χ2n) is 2.71. The summed E-state index contributed by atoms with van der Waals surface area (Å²) in [6, 6.07) is 3.52. The number of carbonyl (C=O) groups is 1. The highest BCUT2D eigenvalue weighted by atomic mass is 16.1. The highest BCUT2D eigenvalue weighted by Gasteiger charge is 2.01. The van der Waals surface area contributed by atoms with Gasteiger partial charge in [0.25, 0.3) is 0 Å². The fourth-order valence-corrected chi connectivity index (χ4v) is 0.880. The molecule has 1 rings (SSSR count). The smallest absolute Gasteiger partial charge is 0.236 e. The first-order chi connectivity index (χ1) is 6.09. The number of nitrogens with one attached hydrogen (secondary N) is 1. The molecule has 0 aliphatic heterocycles. The highest BCUT2D eigenvalue weighted by Crippen LogP contribution is 2.14. The van der Waals surface area contributed by atoms with Gasteiger partial charge in [-0.2, -0.15) is 0 Å². The van der Waals surface area contributed by atoms with Crippen LogP contribution < -0.4 is 16.8 Å². The topological polar surface area (TPSA) is 94.0 Å². The lowest BCUT2D eigenvalue weighted by molar-refractivity contribution is -0.116. The Hall–Kier alpha value is -1.78. The van der Waals surface area contributed by atoms with E-state index in [9.17, 15) is 4.79 Å². The maximum absolute atomic E-state index is 10.5. The van der Waals surface area contributed by atoms with Crippen LogP contribution in [0.2, 0.25) is 0 Å². The Morgan fingerprint density at radius 2 is 2.31 bits per heavy atom. The van der Waals surface area contributed by atoms with Gasteiger partial charge in [-0.3, -0.25) is 4.79 Å². The number of nitrogens with two attached hydrogens (primary N) is 2. The molecule has 0 radical (unpaired) electrons. The van der Waals surface area contributed by atoms with Gasteiger partial charge >= 0.3 is 0 Å². The van der Waals surface area contributed by atoms with Crippen molar-refractivity contribution < 1.29 is 4.79 Å². The molecule has 0 bridgehead atoms. The summed E-state index contributed by atoms with van der Waals surface area (Å²) in [5, 5.41) is 2.74. The maximum atomic E-state index is 10.5. The predicted molar refractivity (Wildman–Crippen MR) is 51.1 cm³/mol. The van der Waals surface area contributed by atoms with Gasteiger partial charge in [0.05, 0.1) is 12.2 Å². The van der Waals surface area contributed by atoms with Crippen LogP contribution in [-0.4, -0.2) is 17.4 Å². The van der Waals surface area contributed by atoms with Gasteiger partial charge in [0.2, 0.25) is 5.91 Å². The Morgan fingerprint density at radius 3 is 2.92 bits per heavy atom. The van der Waals surface area contributed by atoms with Crippen LogP contribution in [0.1, 0.15) is 5.69 Å². The molecule has 0 saturated carbocycles. The number of amides is 1. The van der Waals surface area contributed by atoms with Crippen LogP contribution in [0.5, 0.6) is 0 Å².